The van der Waals surface area contributed by atoms with Gasteiger partial charge in [0, 0.05) is 32.3 Å². The first-order chi connectivity index (χ1) is 10.4. The van der Waals surface area contributed by atoms with Crippen LogP contribution in [0.5, 0.6) is 0 Å². The molecule has 0 saturated carbocycles. The van der Waals surface area contributed by atoms with Crippen molar-refractivity contribution in [2.45, 2.75) is 11.8 Å². The van der Waals surface area contributed by atoms with Crippen LogP contribution in [0, 0.1) is 0 Å². The molecule has 23 heavy (non-hydrogen) atoms. The predicted molar refractivity (Wildman–Crippen MR) is 91.2 cm³/mol. The molecule has 1 aliphatic heterocycles. The third kappa shape index (κ3) is 5.04. The number of hydrogen-bond acceptors (Lipinski definition) is 4. The van der Waals surface area contributed by atoms with E-state index >= 15 is 0 Å². The fraction of sp³-hybridized carbons (Fsp3) is 0.400. The minimum absolute atomic E-state index is 0. The Morgan fingerprint density at radius 2 is 1.74 bits per heavy atom. The lowest BCUT2D eigenvalue weighted by Gasteiger charge is -2.33. The molecule has 0 aliphatic carbocycles. The monoisotopic (exact) mass is 360 g/mol. The van der Waals surface area contributed by atoms with E-state index in [1.54, 1.807) is 12.1 Å². The molecule has 8 heteroatoms. The first-order valence-corrected chi connectivity index (χ1v) is 8.61. The SMILES string of the molecule is CCN1CCN(S(=O)(=O)c2ccc(/C=C/C(=O)O)cc2)CC1.Cl. The van der Waals surface area contributed by atoms with Gasteiger partial charge in [-0.15, -0.1) is 12.4 Å². The fourth-order valence-corrected chi connectivity index (χ4v) is 3.78. The zero-order valence-corrected chi connectivity index (χ0v) is 14.5. The average Bonchev–Trinajstić information content (AvgIpc) is 2.53. The summed E-state index contributed by atoms with van der Waals surface area (Å²) in [6.45, 7) is 5.48. The number of carbonyl (C=O) groups is 1. The van der Waals surface area contributed by atoms with Crippen LogP contribution in [0.2, 0.25) is 0 Å². The summed E-state index contributed by atoms with van der Waals surface area (Å²) in [5, 5.41) is 8.58. The topological polar surface area (TPSA) is 77.9 Å². The number of halogens is 1. The minimum atomic E-state index is -3.48. The zero-order chi connectivity index (χ0) is 16.2. The number of carboxylic acid groups (broad SMARTS) is 1. The summed E-state index contributed by atoms with van der Waals surface area (Å²) in [7, 11) is -3.48. The third-order valence-corrected chi connectivity index (χ3v) is 5.63. The molecular weight excluding hydrogens is 340 g/mol. The molecule has 1 aromatic rings. The molecule has 0 amide bonds. The van der Waals surface area contributed by atoms with Crippen molar-refractivity contribution in [3.8, 4) is 0 Å². The first-order valence-electron chi connectivity index (χ1n) is 7.17. The lowest BCUT2D eigenvalue weighted by molar-refractivity contribution is -0.131. The molecule has 1 saturated heterocycles. The predicted octanol–water partition coefficient (Wildman–Crippen LogP) is 1.53. The van der Waals surface area contributed by atoms with E-state index < -0.39 is 16.0 Å². The molecule has 0 aromatic heterocycles. The molecular formula is C15H21ClN2O4S. The van der Waals surface area contributed by atoms with E-state index in [1.165, 1.54) is 22.5 Å². The Morgan fingerprint density at radius 1 is 1.17 bits per heavy atom. The van der Waals surface area contributed by atoms with E-state index in [0.29, 0.717) is 18.7 Å². The van der Waals surface area contributed by atoms with E-state index in [-0.39, 0.29) is 17.3 Å². The molecule has 0 unspecified atom stereocenters. The molecule has 1 heterocycles. The van der Waals surface area contributed by atoms with Crippen LogP contribution in [0.25, 0.3) is 6.08 Å². The number of benzene rings is 1. The number of nitrogens with zero attached hydrogens (tertiary/aromatic N) is 2. The van der Waals surface area contributed by atoms with Crippen molar-refractivity contribution in [1.29, 1.82) is 0 Å². The Morgan fingerprint density at radius 3 is 2.22 bits per heavy atom. The molecule has 0 bridgehead atoms. The van der Waals surface area contributed by atoms with Crippen molar-refractivity contribution in [2.24, 2.45) is 0 Å². The van der Waals surface area contributed by atoms with E-state index in [1.807, 2.05) is 0 Å². The molecule has 1 fully saturated rings. The van der Waals surface area contributed by atoms with Gasteiger partial charge in [-0.1, -0.05) is 19.1 Å². The maximum absolute atomic E-state index is 12.6. The van der Waals surface area contributed by atoms with Gasteiger partial charge in [0.15, 0.2) is 0 Å². The smallest absolute Gasteiger partial charge is 0.328 e. The van der Waals surface area contributed by atoms with Gasteiger partial charge in [-0.05, 0) is 30.3 Å². The highest BCUT2D eigenvalue weighted by molar-refractivity contribution is 7.89. The molecule has 0 atom stereocenters. The number of aliphatic carboxylic acids is 1. The van der Waals surface area contributed by atoms with Crippen LogP contribution in [0.15, 0.2) is 35.2 Å². The van der Waals surface area contributed by atoms with Crippen LogP contribution in [0.1, 0.15) is 12.5 Å². The molecule has 1 N–H and O–H groups in total. The maximum atomic E-state index is 12.6. The highest BCUT2D eigenvalue weighted by Crippen LogP contribution is 2.18. The van der Waals surface area contributed by atoms with Gasteiger partial charge in [-0.2, -0.15) is 4.31 Å². The number of rotatable bonds is 5. The van der Waals surface area contributed by atoms with E-state index in [2.05, 4.69) is 11.8 Å². The molecule has 1 aliphatic rings. The largest absolute Gasteiger partial charge is 0.478 e. The fourth-order valence-electron chi connectivity index (χ4n) is 2.35. The zero-order valence-electron chi connectivity index (χ0n) is 12.9. The van der Waals surface area contributed by atoms with E-state index in [9.17, 15) is 13.2 Å². The highest BCUT2D eigenvalue weighted by Gasteiger charge is 2.27. The van der Waals surface area contributed by atoms with E-state index in [4.69, 9.17) is 5.11 Å². The van der Waals surface area contributed by atoms with Gasteiger partial charge < -0.3 is 10.0 Å². The molecule has 2 rings (SSSR count). The summed E-state index contributed by atoms with van der Waals surface area (Å²) in [6, 6.07) is 6.25. The van der Waals surface area contributed by atoms with Crippen molar-refractivity contribution in [3.05, 3.63) is 35.9 Å². The maximum Gasteiger partial charge on any atom is 0.328 e. The standard InChI is InChI=1S/C15H20N2O4S.ClH/c1-2-16-9-11-17(12-10-16)22(20,21)14-6-3-13(4-7-14)5-8-15(18)19;/h3-8H,2,9-12H2,1H3,(H,18,19);1H/b8-5+;. The van der Waals surface area contributed by atoms with Crippen LogP contribution in [0.4, 0.5) is 0 Å². The number of likely N-dealkylation sites (N-methyl/N-ethyl adjacent to an activating group) is 1. The molecule has 1 aromatic carbocycles. The molecule has 0 radical (unpaired) electrons. The molecule has 128 valence electrons. The number of carboxylic acids is 1. The van der Waals surface area contributed by atoms with Gasteiger partial charge in [0.1, 0.15) is 0 Å². The average molecular weight is 361 g/mol. The number of sulfonamides is 1. The van der Waals surface area contributed by atoms with Crippen molar-refractivity contribution in [1.82, 2.24) is 9.21 Å². The summed E-state index contributed by atoms with van der Waals surface area (Å²) in [5.74, 6) is -1.04. The Bertz CT molecular complexity index is 651. The second-order valence-corrected chi connectivity index (χ2v) is 7.02. The Kier molecular flexibility index (Phi) is 7.21. The van der Waals surface area contributed by atoms with Gasteiger partial charge in [0.2, 0.25) is 10.0 Å². The second-order valence-electron chi connectivity index (χ2n) is 5.08. The Labute approximate surface area is 142 Å². The van der Waals surface area contributed by atoms with Crippen molar-refractivity contribution >= 4 is 34.5 Å². The van der Waals surface area contributed by atoms with Crippen molar-refractivity contribution in [3.63, 3.8) is 0 Å². The first kappa shape index (κ1) is 19.6. The summed E-state index contributed by atoms with van der Waals surface area (Å²) in [5.41, 5.74) is 0.650. The van der Waals surface area contributed by atoms with Crippen molar-refractivity contribution < 1.29 is 18.3 Å². The molecule has 6 nitrogen and oxygen atoms in total. The second kappa shape index (κ2) is 8.44. The van der Waals surface area contributed by atoms with Gasteiger partial charge in [-0.25, -0.2) is 13.2 Å². The summed E-state index contributed by atoms with van der Waals surface area (Å²) >= 11 is 0. The van der Waals surface area contributed by atoms with Crippen molar-refractivity contribution in [2.75, 3.05) is 32.7 Å². The highest BCUT2D eigenvalue weighted by atomic mass is 35.5. The van der Waals surface area contributed by atoms with Gasteiger partial charge >= 0.3 is 5.97 Å². The van der Waals surface area contributed by atoms with Gasteiger partial charge in [-0.3, -0.25) is 0 Å². The molecule has 0 spiro atoms. The van der Waals surface area contributed by atoms with Gasteiger partial charge in [0.25, 0.3) is 0 Å². The minimum Gasteiger partial charge on any atom is -0.478 e. The Hall–Kier alpha value is -1.41. The van der Waals surface area contributed by atoms with Crippen LogP contribution < -0.4 is 0 Å². The van der Waals surface area contributed by atoms with Crippen LogP contribution in [0.3, 0.4) is 0 Å². The Balaban J connectivity index is 0.00000264. The third-order valence-electron chi connectivity index (χ3n) is 3.71. The van der Waals surface area contributed by atoms with E-state index in [0.717, 1.165) is 25.7 Å². The number of piperazine rings is 1. The quantitative estimate of drug-likeness (QED) is 0.806. The van der Waals surface area contributed by atoms with Crippen LogP contribution in [-0.4, -0.2) is 61.4 Å². The van der Waals surface area contributed by atoms with Crippen LogP contribution in [-0.2, 0) is 14.8 Å². The summed E-state index contributed by atoms with van der Waals surface area (Å²) < 4.78 is 26.6. The summed E-state index contributed by atoms with van der Waals surface area (Å²) in [4.78, 5) is 12.9. The normalized spacial score (nSPS) is 17.1. The summed E-state index contributed by atoms with van der Waals surface area (Å²) in [6.07, 6.45) is 2.45. The number of hydrogen-bond donors (Lipinski definition) is 1. The lowest BCUT2D eigenvalue weighted by Crippen LogP contribution is -2.48. The lowest BCUT2D eigenvalue weighted by atomic mass is 10.2. The van der Waals surface area contributed by atoms with Gasteiger partial charge in [0.05, 0.1) is 4.90 Å². The van der Waals surface area contributed by atoms with Crippen LogP contribution >= 0.6 is 12.4 Å².